The van der Waals surface area contributed by atoms with E-state index in [9.17, 15) is 9.59 Å². The van der Waals surface area contributed by atoms with Gasteiger partial charge in [-0.25, -0.2) is 0 Å². The van der Waals surface area contributed by atoms with Crippen LogP contribution in [-0.2, 0) is 4.79 Å². The van der Waals surface area contributed by atoms with Gasteiger partial charge in [0.1, 0.15) is 5.75 Å². The molecule has 0 aliphatic heterocycles. The number of hydrogen-bond donors (Lipinski definition) is 2. The normalized spacial score (nSPS) is 11.5. The number of carbonyl (C=O) groups excluding carboxylic acids is 2. The number of nitrogens with two attached hydrogens (primary N) is 1. The second-order valence-electron chi connectivity index (χ2n) is 6.25. The topological polar surface area (TPSA) is 81.4 Å². The summed E-state index contributed by atoms with van der Waals surface area (Å²) in [5, 5.41) is 3.40. The highest BCUT2D eigenvalue weighted by atomic mass is 35.5. The van der Waals surface area contributed by atoms with E-state index in [1.165, 1.54) is 0 Å². The number of hydrogen-bond acceptors (Lipinski definition) is 3. The van der Waals surface area contributed by atoms with Crippen molar-refractivity contribution < 1.29 is 14.3 Å². The van der Waals surface area contributed by atoms with Crippen molar-refractivity contribution in [2.24, 2.45) is 5.73 Å². The Bertz CT molecular complexity index is 988. The van der Waals surface area contributed by atoms with Crippen LogP contribution >= 0.6 is 11.6 Å². The molecule has 2 amide bonds. The molecule has 0 saturated carbocycles. The molecule has 5 nitrogen and oxygen atoms in total. The molecular formula is C22H19ClN2O3. The minimum Gasteiger partial charge on any atom is -0.476 e. The van der Waals surface area contributed by atoms with Crippen LogP contribution < -0.4 is 15.8 Å². The monoisotopic (exact) mass is 394 g/mol. The van der Waals surface area contributed by atoms with E-state index in [0.717, 1.165) is 5.56 Å². The van der Waals surface area contributed by atoms with Crippen molar-refractivity contribution in [3.05, 3.63) is 94.5 Å². The number of benzene rings is 3. The van der Waals surface area contributed by atoms with Crippen LogP contribution in [0, 0.1) is 6.92 Å². The molecule has 0 bridgehead atoms. The number of halogens is 1. The van der Waals surface area contributed by atoms with Gasteiger partial charge in [0.05, 0.1) is 0 Å². The maximum Gasteiger partial charge on any atom is 0.270 e. The van der Waals surface area contributed by atoms with Crippen molar-refractivity contribution >= 4 is 29.1 Å². The van der Waals surface area contributed by atoms with E-state index in [0.29, 0.717) is 27.6 Å². The Morgan fingerprint density at radius 2 is 1.68 bits per heavy atom. The lowest BCUT2D eigenvalue weighted by Crippen LogP contribution is -2.25. The fourth-order valence-corrected chi connectivity index (χ4v) is 2.79. The maximum absolute atomic E-state index is 12.9. The molecule has 0 saturated heterocycles. The fraction of sp³-hybridized carbons (Fsp3) is 0.0909. The van der Waals surface area contributed by atoms with E-state index in [4.69, 9.17) is 22.1 Å². The highest BCUT2D eigenvalue weighted by Crippen LogP contribution is 2.25. The first-order valence-electron chi connectivity index (χ1n) is 8.62. The van der Waals surface area contributed by atoms with E-state index in [1.54, 1.807) is 36.4 Å². The predicted octanol–water partition coefficient (Wildman–Crippen LogP) is 4.51. The van der Waals surface area contributed by atoms with Gasteiger partial charge in [-0.3, -0.25) is 9.59 Å². The SMILES string of the molecule is Cc1ccc(NC(=O)[C@@H](Oc2ccc(C(N)=O)cc2)c2ccccc2)cc1Cl. The summed E-state index contributed by atoms with van der Waals surface area (Å²) in [6, 6.07) is 20.8. The molecule has 0 radical (unpaired) electrons. The zero-order chi connectivity index (χ0) is 20.1. The average molecular weight is 395 g/mol. The summed E-state index contributed by atoms with van der Waals surface area (Å²) >= 11 is 6.14. The molecule has 0 heterocycles. The van der Waals surface area contributed by atoms with Crippen LogP contribution in [0.2, 0.25) is 5.02 Å². The molecule has 3 aromatic rings. The summed E-state index contributed by atoms with van der Waals surface area (Å²) in [7, 11) is 0. The molecule has 0 unspecified atom stereocenters. The summed E-state index contributed by atoms with van der Waals surface area (Å²) in [4.78, 5) is 24.2. The van der Waals surface area contributed by atoms with Crippen LogP contribution in [0.4, 0.5) is 5.69 Å². The van der Waals surface area contributed by atoms with E-state index in [-0.39, 0.29) is 5.91 Å². The summed E-state index contributed by atoms with van der Waals surface area (Å²) in [5.74, 6) is -0.429. The van der Waals surface area contributed by atoms with E-state index in [1.807, 2.05) is 43.3 Å². The second kappa shape index (κ2) is 8.59. The van der Waals surface area contributed by atoms with Crippen LogP contribution in [0.3, 0.4) is 0 Å². The molecule has 1 atom stereocenters. The van der Waals surface area contributed by atoms with Gasteiger partial charge in [0, 0.05) is 21.8 Å². The maximum atomic E-state index is 12.9. The summed E-state index contributed by atoms with van der Waals surface area (Å²) in [6.07, 6.45) is -0.888. The lowest BCUT2D eigenvalue weighted by atomic mass is 10.1. The summed E-state index contributed by atoms with van der Waals surface area (Å²) < 4.78 is 5.93. The van der Waals surface area contributed by atoms with Crippen molar-refractivity contribution in [1.29, 1.82) is 0 Å². The van der Waals surface area contributed by atoms with Gasteiger partial charge in [-0.1, -0.05) is 48.0 Å². The van der Waals surface area contributed by atoms with Crippen LogP contribution in [-0.4, -0.2) is 11.8 Å². The van der Waals surface area contributed by atoms with Gasteiger partial charge in [-0.2, -0.15) is 0 Å². The van der Waals surface area contributed by atoms with Crippen LogP contribution in [0.1, 0.15) is 27.6 Å². The minimum absolute atomic E-state index is 0.343. The lowest BCUT2D eigenvalue weighted by Gasteiger charge is -2.19. The van der Waals surface area contributed by atoms with Crippen LogP contribution in [0.5, 0.6) is 5.75 Å². The van der Waals surface area contributed by atoms with Crippen LogP contribution in [0.25, 0.3) is 0 Å². The number of anilines is 1. The van der Waals surface area contributed by atoms with Crippen LogP contribution in [0.15, 0.2) is 72.8 Å². The van der Waals surface area contributed by atoms with E-state index < -0.39 is 12.0 Å². The molecule has 142 valence electrons. The fourth-order valence-electron chi connectivity index (χ4n) is 2.61. The quantitative estimate of drug-likeness (QED) is 0.645. The van der Waals surface area contributed by atoms with Gasteiger partial charge in [0.15, 0.2) is 0 Å². The Morgan fingerprint density at radius 1 is 1.00 bits per heavy atom. The molecule has 6 heteroatoms. The van der Waals surface area contributed by atoms with Gasteiger partial charge in [-0.05, 0) is 48.9 Å². The van der Waals surface area contributed by atoms with Gasteiger partial charge >= 0.3 is 0 Å². The average Bonchev–Trinajstić information content (AvgIpc) is 2.70. The molecule has 0 spiro atoms. The van der Waals surface area contributed by atoms with Gasteiger partial charge in [0.2, 0.25) is 12.0 Å². The number of aryl methyl sites for hydroxylation is 1. The van der Waals surface area contributed by atoms with Crippen molar-refractivity contribution in [2.75, 3.05) is 5.32 Å². The Labute approximate surface area is 168 Å². The highest BCUT2D eigenvalue weighted by Gasteiger charge is 2.23. The van der Waals surface area contributed by atoms with E-state index in [2.05, 4.69) is 5.32 Å². The number of amides is 2. The standard InChI is InChI=1S/C22H19ClN2O3/c1-14-7-10-17(13-19(14)23)25-22(27)20(15-5-3-2-4-6-15)28-18-11-8-16(9-12-18)21(24)26/h2-13,20H,1H3,(H2,24,26)(H,25,27)/t20-/m0/s1. The zero-order valence-corrected chi connectivity index (χ0v) is 15.9. The number of rotatable bonds is 6. The first-order valence-corrected chi connectivity index (χ1v) is 9.00. The Hall–Kier alpha value is -3.31. The molecule has 0 aromatic heterocycles. The molecule has 0 aliphatic carbocycles. The predicted molar refractivity (Wildman–Crippen MR) is 110 cm³/mol. The number of nitrogens with one attached hydrogen (secondary N) is 1. The molecule has 28 heavy (non-hydrogen) atoms. The smallest absolute Gasteiger partial charge is 0.270 e. The largest absolute Gasteiger partial charge is 0.476 e. The third kappa shape index (κ3) is 4.69. The summed E-state index contributed by atoms with van der Waals surface area (Å²) in [6.45, 7) is 1.89. The van der Waals surface area contributed by atoms with Gasteiger partial charge < -0.3 is 15.8 Å². The summed E-state index contributed by atoms with van der Waals surface area (Å²) in [5.41, 5.74) is 7.81. The molecule has 0 fully saturated rings. The third-order valence-corrected chi connectivity index (χ3v) is 4.58. The van der Waals surface area contributed by atoms with Gasteiger partial charge in [0.25, 0.3) is 5.91 Å². The molecule has 3 aromatic carbocycles. The van der Waals surface area contributed by atoms with Crippen molar-refractivity contribution in [1.82, 2.24) is 0 Å². The number of primary amides is 1. The Balaban J connectivity index is 1.85. The zero-order valence-electron chi connectivity index (χ0n) is 15.2. The van der Waals surface area contributed by atoms with Crippen molar-refractivity contribution in [3.8, 4) is 5.75 Å². The minimum atomic E-state index is -0.888. The second-order valence-corrected chi connectivity index (χ2v) is 6.66. The molecule has 3 rings (SSSR count). The molecular weight excluding hydrogens is 376 g/mol. The van der Waals surface area contributed by atoms with Crippen molar-refractivity contribution in [2.45, 2.75) is 13.0 Å². The number of ether oxygens (including phenoxy) is 1. The first-order chi connectivity index (χ1) is 13.4. The molecule has 3 N–H and O–H groups in total. The molecule has 0 aliphatic rings. The third-order valence-electron chi connectivity index (χ3n) is 4.17. The van der Waals surface area contributed by atoms with E-state index >= 15 is 0 Å². The Morgan fingerprint density at radius 3 is 2.29 bits per heavy atom. The lowest BCUT2D eigenvalue weighted by molar-refractivity contribution is -0.123. The van der Waals surface area contributed by atoms with Crippen molar-refractivity contribution in [3.63, 3.8) is 0 Å². The number of carbonyl (C=O) groups is 2. The van der Waals surface area contributed by atoms with Gasteiger partial charge in [-0.15, -0.1) is 0 Å². The first kappa shape index (κ1) is 19.5. The Kier molecular flexibility index (Phi) is 5.96. The highest BCUT2D eigenvalue weighted by molar-refractivity contribution is 6.31.